The zero-order valence-corrected chi connectivity index (χ0v) is 15.5. The van der Waals surface area contributed by atoms with Crippen molar-refractivity contribution >= 4 is 39.6 Å². The molecule has 1 aromatic carbocycles. The van der Waals surface area contributed by atoms with E-state index in [0.717, 1.165) is 19.3 Å². The number of aromatic nitrogens is 3. The van der Waals surface area contributed by atoms with Crippen LogP contribution in [0.1, 0.15) is 26.2 Å². The SMILES string of the molecule is CCCCCOC(=O)Nc1ccc(S(=O)(=O)Nc2nc(N)nc(N)n2)cc1. The van der Waals surface area contributed by atoms with Crippen LogP contribution in [0.5, 0.6) is 0 Å². The van der Waals surface area contributed by atoms with Crippen molar-refractivity contribution in [3.8, 4) is 0 Å². The molecule has 0 unspecified atom stereocenters. The summed E-state index contributed by atoms with van der Waals surface area (Å²) >= 11 is 0. The van der Waals surface area contributed by atoms with Gasteiger partial charge < -0.3 is 16.2 Å². The topological polar surface area (TPSA) is 175 Å². The maximum Gasteiger partial charge on any atom is 0.411 e. The standard InChI is InChI=1S/C15H21N7O4S/c1-2-3-4-9-26-15(23)18-10-5-7-11(8-6-10)27(24,25)22-14-20-12(16)19-13(17)21-14/h5-8H,2-4,9H2,1H3,(H,18,23)(H5,16,17,19,20,21,22). The molecule has 0 saturated heterocycles. The fourth-order valence-electron chi connectivity index (χ4n) is 2.02. The molecule has 0 saturated carbocycles. The van der Waals surface area contributed by atoms with Crippen LogP contribution in [0.4, 0.5) is 28.3 Å². The molecule has 27 heavy (non-hydrogen) atoms. The lowest BCUT2D eigenvalue weighted by atomic mass is 10.3. The molecule has 146 valence electrons. The van der Waals surface area contributed by atoms with Crippen LogP contribution in [-0.4, -0.2) is 36.1 Å². The fraction of sp³-hybridized carbons (Fsp3) is 0.333. The highest BCUT2D eigenvalue weighted by Crippen LogP contribution is 2.17. The smallest absolute Gasteiger partial charge is 0.411 e. The quantitative estimate of drug-likeness (QED) is 0.483. The van der Waals surface area contributed by atoms with E-state index < -0.39 is 16.1 Å². The molecule has 0 bridgehead atoms. The van der Waals surface area contributed by atoms with Gasteiger partial charge in [-0.1, -0.05) is 19.8 Å². The number of benzene rings is 1. The van der Waals surface area contributed by atoms with Crippen LogP contribution in [0.15, 0.2) is 29.2 Å². The zero-order valence-electron chi connectivity index (χ0n) is 14.7. The molecular formula is C15H21N7O4S. The van der Waals surface area contributed by atoms with E-state index in [4.69, 9.17) is 16.2 Å². The molecule has 0 spiro atoms. The Morgan fingerprint density at radius 3 is 2.30 bits per heavy atom. The summed E-state index contributed by atoms with van der Waals surface area (Å²) in [6.45, 7) is 2.38. The van der Waals surface area contributed by atoms with E-state index in [0.29, 0.717) is 12.3 Å². The van der Waals surface area contributed by atoms with Crippen LogP contribution in [0.2, 0.25) is 0 Å². The summed E-state index contributed by atoms with van der Waals surface area (Å²) in [5, 5.41) is 2.52. The van der Waals surface area contributed by atoms with Crippen LogP contribution in [0.25, 0.3) is 0 Å². The number of nitrogens with one attached hydrogen (secondary N) is 2. The number of unbranched alkanes of at least 4 members (excludes halogenated alkanes) is 2. The molecule has 0 atom stereocenters. The molecule has 2 aromatic rings. The first-order valence-electron chi connectivity index (χ1n) is 8.14. The first-order chi connectivity index (χ1) is 12.8. The monoisotopic (exact) mass is 395 g/mol. The normalized spacial score (nSPS) is 11.0. The van der Waals surface area contributed by atoms with Crippen molar-refractivity contribution in [3.63, 3.8) is 0 Å². The lowest BCUT2D eigenvalue weighted by molar-refractivity contribution is 0.159. The Bertz CT molecular complexity index is 867. The van der Waals surface area contributed by atoms with Gasteiger partial charge in [0.1, 0.15) is 0 Å². The number of hydrogen-bond acceptors (Lipinski definition) is 9. The summed E-state index contributed by atoms with van der Waals surface area (Å²) in [7, 11) is -3.97. The molecule has 12 heteroatoms. The maximum atomic E-state index is 12.4. The van der Waals surface area contributed by atoms with Gasteiger partial charge >= 0.3 is 6.09 Å². The molecular weight excluding hydrogens is 374 g/mol. The largest absolute Gasteiger partial charge is 0.449 e. The molecule has 1 heterocycles. The predicted octanol–water partition coefficient (Wildman–Crippen LogP) is 1.58. The highest BCUT2D eigenvalue weighted by atomic mass is 32.2. The van der Waals surface area contributed by atoms with Crippen LogP contribution in [-0.2, 0) is 14.8 Å². The van der Waals surface area contributed by atoms with E-state index in [1.54, 1.807) is 0 Å². The molecule has 1 aromatic heterocycles. The van der Waals surface area contributed by atoms with Crippen molar-refractivity contribution in [1.82, 2.24) is 15.0 Å². The van der Waals surface area contributed by atoms with E-state index in [-0.39, 0.29) is 22.7 Å². The van der Waals surface area contributed by atoms with E-state index in [1.165, 1.54) is 24.3 Å². The molecule has 0 aliphatic rings. The number of anilines is 4. The third-order valence-corrected chi connectivity index (χ3v) is 4.63. The van der Waals surface area contributed by atoms with Crippen molar-refractivity contribution in [3.05, 3.63) is 24.3 Å². The first-order valence-corrected chi connectivity index (χ1v) is 9.62. The summed E-state index contributed by atoms with van der Waals surface area (Å²) < 4.78 is 31.9. The molecule has 0 fully saturated rings. The third-order valence-electron chi connectivity index (χ3n) is 3.29. The predicted molar refractivity (Wildman–Crippen MR) is 100 cm³/mol. The van der Waals surface area contributed by atoms with Gasteiger partial charge in [-0.25, -0.2) is 17.9 Å². The Balaban J connectivity index is 1.99. The number of ether oxygens (including phenoxy) is 1. The zero-order chi connectivity index (χ0) is 19.9. The number of carbonyl (C=O) groups excluding carboxylic acids is 1. The summed E-state index contributed by atoms with van der Waals surface area (Å²) in [5.41, 5.74) is 11.2. The average Bonchev–Trinajstić information content (AvgIpc) is 2.58. The molecule has 6 N–H and O–H groups in total. The number of nitrogens with two attached hydrogens (primary N) is 2. The second-order valence-corrected chi connectivity index (χ2v) is 7.16. The minimum Gasteiger partial charge on any atom is -0.449 e. The Labute approximate surface area is 156 Å². The number of hydrogen-bond donors (Lipinski definition) is 4. The minimum atomic E-state index is -3.97. The lowest BCUT2D eigenvalue weighted by Gasteiger charge is -2.09. The van der Waals surface area contributed by atoms with Gasteiger partial charge in [0.15, 0.2) is 0 Å². The average molecular weight is 395 g/mol. The maximum absolute atomic E-state index is 12.4. The summed E-state index contributed by atoms with van der Waals surface area (Å²) in [4.78, 5) is 22.4. The number of sulfonamides is 1. The molecule has 0 radical (unpaired) electrons. The van der Waals surface area contributed by atoms with Crippen molar-refractivity contribution in [2.75, 3.05) is 28.1 Å². The second kappa shape index (κ2) is 8.98. The first kappa shape index (κ1) is 20.2. The number of amides is 1. The highest BCUT2D eigenvalue weighted by Gasteiger charge is 2.17. The van der Waals surface area contributed by atoms with Crippen molar-refractivity contribution in [1.29, 1.82) is 0 Å². The van der Waals surface area contributed by atoms with Crippen LogP contribution in [0, 0.1) is 0 Å². The molecule has 0 aliphatic heterocycles. The van der Waals surface area contributed by atoms with Crippen LogP contribution in [0.3, 0.4) is 0 Å². The molecule has 2 rings (SSSR count). The lowest BCUT2D eigenvalue weighted by Crippen LogP contribution is -2.17. The Morgan fingerprint density at radius 2 is 1.70 bits per heavy atom. The van der Waals surface area contributed by atoms with Crippen LogP contribution >= 0.6 is 0 Å². The highest BCUT2D eigenvalue weighted by molar-refractivity contribution is 7.92. The van der Waals surface area contributed by atoms with Gasteiger partial charge in [-0.3, -0.25) is 5.32 Å². The van der Waals surface area contributed by atoms with Gasteiger partial charge in [0.05, 0.1) is 11.5 Å². The number of rotatable bonds is 8. The fourth-order valence-corrected chi connectivity index (χ4v) is 2.97. The van der Waals surface area contributed by atoms with E-state index in [1.807, 2.05) is 0 Å². The molecule has 1 amide bonds. The van der Waals surface area contributed by atoms with Crippen molar-refractivity contribution in [2.24, 2.45) is 0 Å². The summed E-state index contributed by atoms with van der Waals surface area (Å²) in [5.74, 6) is -0.716. The minimum absolute atomic E-state index is 0.0677. The molecule has 11 nitrogen and oxygen atoms in total. The van der Waals surface area contributed by atoms with Gasteiger partial charge in [-0.2, -0.15) is 15.0 Å². The molecule has 0 aliphatic carbocycles. The Morgan fingerprint density at radius 1 is 1.07 bits per heavy atom. The van der Waals surface area contributed by atoms with Gasteiger partial charge in [0.2, 0.25) is 17.8 Å². The summed E-state index contributed by atoms with van der Waals surface area (Å²) in [6.07, 6.45) is 2.19. The van der Waals surface area contributed by atoms with Crippen molar-refractivity contribution in [2.45, 2.75) is 31.1 Å². The van der Waals surface area contributed by atoms with Gasteiger partial charge in [-0.15, -0.1) is 0 Å². The van der Waals surface area contributed by atoms with E-state index in [2.05, 4.69) is 31.9 Å². The van der Waals surface area contributed by atoms with Gasteiger partial charge in [-0.05, 0) is 30.7 Å². The summed E-state index contributed by atoms with van der Waals surface area (Å²) in [6, 6.07) is 5.47. The third kappa shape index (κ3) is 6.26. The number of nitrogen functional groups attached to an aromatic ring is 2. The Kier molecular flexibility index (Phi) is 6.71. The number of carbonyl (C=O) groups is 1. The van der Waals surface area contributed by atoms with Gasteiger partial charge in [0, 0.05) is 5.69 Å². The Hall–Kier alpha value is -3.15. The van der Waals surface area contributed by atoms with E-state index >= 15 is 0 Å². The second-order valence-electron chi connectivity index (χ2n) is 5.47. The van der Waals surface area contributed by atoms with Gasteiger partial charge in [0.25, 0.3) is 10.0 Å². The van der Waals surface area contributed by atoms with Crippen LogP contribution < -0.4 is 21.5 Å². The van der Waals surface area contributed by atoms with E-state index in [9.17, 15) is 13.2 Å². The van der Waals surface area contributed by atoms with Crippen molar-refractivity contribution < 1.29 is 17.9 Å². The number of nitrogens with zero attached hydrogens (tertiary/aromatic N) is 3.